The third-order valence-corrected chi connectivity index (χ3v) is 5.66. The third-order valence-electron chi connectivity index (χ3n) is 5.66. The fourth-order valence-corrected chi connectivity index (χ4v) is 3.99. The molecule has 4 N–H and O–H groups in total. The third kappa shape index (κ3) is 3.89. The van der Waals surface area contributed by atoms with Crippen molar-refractivity contribution in [1.29, 1.82) is 0 Å². The highest BCUT2D eigenvalue weighted by atomic mass is 16.2. The lowest BCUT2D eigenvalue weighted by Crippen LogP contribution is -2.40. The highest BCUT2D eigenvalue weighted by Gasteiger charge is 2.30. The van der Waals surface area contributed by atoms with E-state index in [0.717, 1.165) is 48.4 Å². The van der Waals surface area contributed by atoms with Gasteiger partial charge >= 0.3 is 0 Å². The molecule has 0 aromatic heterocycles. The van der Waals surface area contributed by atoms with Crippen LogP contribution in [0.15, 0.2) is 42.5 Å². The second-order valence-corrected chi connectivity index (χ2v) is 7.87. The quantitative estimate of drug-likeness (QED) is 0.424. The molecule has 2 aromatic carbocycles. The Bertz CT molecular complexity index is 1000. The zero-order chi connectivity index (χ0) is 20.5. The number of carbonyl (C=O) groups is 2. The van der Waals surface area contributed by atoms with Crippen LogP contribution in [-0.2, 0) is 4.79 Å². The van der Waals surface area contributed by atoms with Gasteiger partial charge in [-0.15, -0.1) is 0 Å². The molecule has 0 bridgehead atoms. The summed E-state index contributed by atoms with van der Waals surface area (Å²) in [5.74, 6) is -0.196. The van der Waals surface area contributed by atoms with Crippen molar-refractivity contribution in [2.24, 2.45) is 0 Å². The van der Waals surface area contributed by atoms with Crippen LogP contribution in [0.5, 0.6) is 0 Å². The van der Waals surface area contributed by atoms with Crippen LogP contribution in [0.25, 0.3) is 11.3 Å². The first-order valence-electron chi connectivity index (χ1n) is 9.94. The van der Waals surface area contributed by atoms with Gasteiger partial charge in [-0.05, 0) is 70.2 Å². The molecule has 0 saturated carbocycles. The van der Waals surface area contributed by atoms with Crippen molar-refractivity contribution in [3.63, 3.8) is 0 Å². The highest BCUT2D eigenvalue weighted by Crippen LogP contribution is 2.37. The second-order valence-electron chi connectivity index (χ2n) is 7.87. The molecule has 2 aliphatic heterocycles. The van der Waals surface area contributed by atoms with E-state index >= 15 is 0 Å². The Hall–Kier alpha value is -3.12. The predicted octanol–water partition coefficient (Wildman–Crippen LogP) is 2.98. The largest absolute Gasteiger partial charge is 0.399 e. The first-order chi connectivity index (χ1) is 13.9. The summed E-state index contributed by atoms with van der Waals surface area (Å²) in [5.41, 5.74) is 10.9. The Morgan fingerprint density at radius 1 is 1.14 bits per heavy atom. The number of nitrogen functional groups attached to an aromatic ring is 1. The Kier molecular flexibility index (Phi) is 5.11. The Labute approximate surface area is 170 Å². The van der Waals surface area contributed by atoms with Gasteiger partial charge in [-0.25, -0.2) is 0 Å². The lowest BCUT2D eigenvalue weighted by molar-refractivity contribution is -0.110. The number of carbonyl (C=O) groups excluding carboxylic acids is 2. The average Bonchev–Trinajstić information content (AvgIpc) is 3.02. The van der Waals surface area contributed by atoms with E-state index in [4.69, 9.17) is 5.73 Å². The topological polar surface area (TPSA) is 87.5 Å². The van der Waals surface area contributed by atoms with Crippen molar-refractivity contribution in [3.05, 3.63) is 59.2 Å². The number of nitrogens with two attached hydrogens (primary N) is 1. The van der Waals surface area contributed by atoms with Crippen molar-refractivity contribution >= 4 is 34.3 Å². The molecule has 1 fully saturated rings. The van der Waals surface area contributed by atoms with Crippen LogP contribution < -0.4 is 16.4 Å². The number of anilines is 2. The number of hydrogen-bond donors (Lipinski definition) is 3. The van der Waals surface area contributed by atoms with Gasteiger partial charge < -0.3 is 21.3 Å². The fourth-order valence-electron chi connectivity index (χ4n) is 3.99. The summed E-state index contributed by atoms with van der Waals surface area (Å²) in [7, 11) is 2.12. The summed E-state index contributed by atoms with van der Waals surface area (Å²) < 4.78 is 0. The zero-order valence-corrected chi connectivity index (χ0v) is 16.8. The van der Waals surface area contributed by atoms with Crippen molar-refractivity contribution in [2.75, 3.05) is 31.2 Å². The van der Waals surface area contributed by atoms with Gasteiger partial charge in [-0.1, -0.05) is 12.1 Å². The molecule has 0 unspecified atom stereocenters. The minimum Gasteiger partial charge on any atom is -0.399 e. The van der Waals surface area contributed by atoms with Crippen molar-refractivity contribution in [1.82, 2.24) is 10.2 Å². The number of nitrogens with one attached hydrogen (secondary N) is 2. The van der Waals surface area contributed by atoms with Gasteiger partial charge in [0.25, 0.3) is 5.91 Å². The molecule has 150 valence electrons. The zero-order valence-electron chi connectivity index (χ0n) is 16.8. The molecule has 0 spiro atoms. The second kappa shape index (κ2) is 7.72. The predicted molar refractivity (Wildman–Crippen MR) is 116 cm³/mol. The van der Waals surface area contributed by atoms with Crippen LogP contribution in [0.3, 0.4) is 0 Å². The lowest BCUT2D eigenvalue weighted by Gasteiger charge is -2.31. The van der Waals surface area contributed by atoms with Gasteiger partial charge in [-0.2, -0.15) is 0 Å². The average molecular weight is 390 g/mol. The van der Waals surface area contributed by atoms with Crippen LogP contribution in [0.1, 0.15) is 41.3 Å². The standard InChI is InChI=1S/C23H26N4O2/c1-14(28)15-6-7-20-19(13-15)21(23(29)26-20)22(16-4-3-5-17(24)12-16)25-18-8-10-27(2)11-9-18/h3-7,12-13,18,25H,8-11,24H2,1-2H3,(H,26,29)/b22-21-. The number of fused-ring (bicyclic) bond motifs is 1. The SMILES string of the molecule is CC(=O)c1ccc2c(c1)/C(=C(/NC1CCN(C)CC1)c1cccc(N)c1)C(=O)N2. The summed E-state index contributed by atoms with van der Waals surface area (Å²) >= 11 is 0. The van der Waals surface area contributed by atoms with E-state index in [2.05, 4.69) is 22.6 Å². The molecule has 2 aromatic rings. The fraction of sp³-hybridized carbons (Fsp3) is 0.304. The molecule has 1 saturated heterocycles. The first kappa shape index (κ1) is 19.2. The number of nitrogens with zero attached hydrogens (tertiary/aromatic N) is 1. The lowest BCUT2D eigenvalue weighted by atomic mass is 9.96. The van der Waals surface area contributed by atoms with E-state index in [0.29, 0.717) is 16.8 Å². The molecule has 6 nitrogen and oxygen atoms in total. The van der Waals surface area contributed by atoms with Crippen LogP contribution in [-0.4, -0.2) is 42.8 Å². The van der Waals surface area contributed by atoms with E-state index in [-0.39, 0.29) is 17.7 Å². The maximum Gasteiger partial charge on any atom is 0.258 e. The summed E-state index contributed by atoms with van der Waals surface area (Å²) in [6, 6.07) is 13.2. The maximum absolute atomic E-state index is 13.0. The summed E-state index contributed by atoms with van der Waals surface area (Å²) in [5, 5.41) is 6.57. The van der Waals surface area contributed by atoms with Crippen LogP contribution in [0.2, 0.25) is 0 Å². The Morgan fingerprint density at radius 2 is 1.90 bits per heavy atom. The van der Waals surface area contributed by atoms with Crippen molar-refractivity contribution in [2.45, 2.75) is 25.8 Å². The minimum absolute atomic E-state index is 0.0275. The molecule has 2 heterocycles. The van der Waals surface area contributed by atoms with E-state index in [1.54, 1.807) is 18.2 Å². The van der Waals surface area contributed by atoms with Gasteiger partial charge in [0.15, 0.2) is 5.78 Å². The van der Waals surface area contributed by atoms with Gasteiger partial charge in [0.2, 0.25) is 0 Å². The smallest absolute Gasteiger partial charge is 0.258 e. The summed E-state index contributed by atoms with van der Waals surface area (Å²) in [6.45, 7) is 3.55. The van der Waals surface area contributed by atoms with E-state index in [9.17, 15) is 9.59 Å². The first-order valence-corrected chi connectivity index (χ1v) is 9.94. The van der Waals surface area contributed by atoms with Crippen LogP contribution in [0.4, 0.5) is 11.4 Å². The molecular weight excluding hydrogens is 364 g/mol. The molecule has 29 heavy (non-hydrogen) atoms. The summed E-state index contributed by atoms with van der Waals surface area (Å²) in [6.07, 6.45) is 2.00. The minimum atomic E-state index is -0.168. The number of ketones is 1. The normalized spacial score (nSPS) is 18.9. The van der Waals surface area contributed by atoms with Gasteiger partial charge in [0.1, 0.15) is 0 Å². The van der Waals surface area contributed by atoms with E-state index in [1.807, 2.05) is 24.3 Å². The maximum atomic E-state index is 13.0. The molecular formula is C23H26N4O2. The Balaban J connectivity index is 1.84. The van der Waals surface area contributed by atoms with Crippen molar-refractivity contribution in [3.8, 4) is 0 Å². The molecule has 6 heteroatoms. The number of Topliss-reactive ketones (excluding diaryl/α,β-unsaturated/α-hetero) is 1. The highest BCUT2D eigenvalue weighted by molar-refractivity contribution is 6.36. The molecule has 0 radical (unpaired) electrons. The Morgan fingerprint density at radius 3 is 2.59 bits per heavy atom. The number of rotatable bonds is 4. The molecule has 1 amide bonds. The molecule has 2 aliphatic rings. The number of benzene rings is 2. The molecule has 4 rings (SSSR count). The number of likely N-dealkylation sites (tertiary alicyclic amines) is 1. The van der Waals surface area contributed by atoms with E-state index in [1.165, 1.54) is 6.92 Å². The number of amides is 1. The number of hydrogen-bond acceptors (Lipinski definition) is 5. The van der Waals surface area contributed by atoms with Gasteiger partial charge in [0, 0.05) is 34.1 Å². The van der Waals surface area contributed by atoms with Crippen LogP contribution >= 0.6 is 0 Å². The monoisotopic (exact) mass is 390 g/mol. The van der Waals surface area contributed by atoms with E-state index < -0.39 is 0 Å². The summed E-state index contributed by atoms with van der Waals surface area (Å²) in [4.78, 5) is 27.2. The molecule has 0 aliphatic carbocycles. The number of piperidine rings is 1. The van der Waals surface area contributed by atoms with Gasteiger partial charge in [0.05, 0.1) is 11.3 Å². The molecule has 0 atom stereocenters. The van der Waals surface area contributed by atoms with Crippen molar-refractivity contribution < 1.29 is 9.59 Å². The van der Waals surface area contributed by atoms with Crippen LogP contribution in [0, 0.1) is 0 Å². The van der Waals surface area contributed by atoms with Gasteiger partial charge in [-0.3, -0.25) is 9.59 Å².